The third-order valence-corrected chi connectivity index (χ3v) is 7.40. The largest absolute Gasteiger partial charge is 0.504 e. The number of phenols is 1. The minimum Gasteiger partial charge on any atom is -0.504 e. The lowest BCUT2D eigenvalue weighted by molar-refractivity contribution is -0.136. The monoisotopic (exact) mass is 476 g/mol. The fourth-order valence-electron chi connectivity index (χ4n) is 5.94. The molecule has 5 rings (SSSR count). The number of ether oxygens (including phenoxy) is 1. The summed E-state index contributed by atoms with van der Waals surface area (Å²) in [6, 6.07) is 3.63. The van der Waals surface area contributed by atoms with Crippen LogP contribution in [0.25, 0.3) is 0 Å². The highest BCUT2D eigenvalue weighted by atomic mass is 16.5. The van der Waals surface area contributed by atoms with Crippen molar-refractivity contribution in [2.24, 2.45) is 23.5 Å². The van der Waals surface area contributed by atoms with Gasteiger partial charge in [-0.05, 0) is 56.4 Å². The van der Waals surface area contributed by atoms with Gasteiger partial charge < -0.3 is 15.6 Å². The first-order valence-electron chi connectivity index (χ1n) is 11.5. The summed E-state index contributed by atoms with van der Waals surface area (Å²) in [5.74, 6) is -4.55. The highest BCUT2D eigenvalue weighted by Gasteiger charge is 2.57. The number of amides is 4. The van der Waals surface area contributed by atoms with Gasteiger partial charge >= 0.3 is 6.03 Å². The van der Waals surface area contributed by atoms with Crippen LogP contribution in [0.3, 0.4) is 0 Å². The van der Waals surface area contributed by atoms with E-state index < -0.39 is 41.5 Å². The van der Waals surface area contributed by atoms with E-state index in [4.69, 9.17) is 10.5 Å². The van der Waals surface area contributed by atoms with Gasteiger partial charge in [0.15, 0.2) is 23.1 Å². The molecule has 4 atom stereocenters. The molecule has 9 heteroatoms. The predicted molar refractivity (Wildman–Crippen MR) is 122 cm³/mol. The van der Waals surface area contributed by atoms with Crippen LogP contribution in [0.15, 0.2) is 52.6 Å². The molecular weight excluding hydrogens is 452 g/mol. The maximum absolute atomic E-state index is 13.3. The molecule has 1 aromatic carbocycles. The molecule has 4 aliphatic rings. The Morgan fingerprint density at radius 3 is 2.60 bits per heavy atom. The van der Waals surface area contributed by atoms with E-state index in [0.29, 0.717) is 33.8 Å². The lowest BCUT2D eigenvalue weighted by Gasteiger charge is -2.42. The van der Waals surface area contributed by atoms with E-state index in [1.807, 2.05) is 6.08 Å². The second kappa shape index (κ2) is 8.04. The lowest BCUT2D eigenvalue weighted by Crippen LogP contribution is -2.42. The summed E-state index contributed by atoms with van der Waals surface area (Å²) in [5.41, 5.74) is 7.64. The Morgan fingerprint density at radius 2 is 1.91 bits per heavy atom. The number of fused-ring (bicyclic) bond motifs is 3. The Labute approximate surface area is 200 Å². The van der Waals surface area contributed by atoms with Gasteiger partial charge in [-0.1, -0.05) is 17.7 Å². The summed E-state index contributed by atoms with van der Waals surface area (Å²) in [6.45, 7) is 3.67. The SMILES string of the molecule is CCOc1cc(C2C3=CCC4C(=O)N(C(N)=O)C(=O)C4C3CC3=C2C(=O)C(C)=CC3=O)ccc1O. The molecule has 3 N–H and O–H groups in total. The molecule has 0 saturated carbocycles. The number of urea groups is 1. The zero-order valence-corrected chi connectivity index (χ0v) is 19.2. The fourth-order valence-corrected chi connectivity index (χ4v) is 5.94. The number of nitrogens with two attached hydrogens (primary N) is 1. The first kappa shape index (κ1) is 22.8. The first-order chi connectivity index (χ1) is 16.6. The van der Waals surface area contributed by atoms with Crippen LogP contribution in [0.1, 0.15) is 38.2 Å². The second-order valence-electron chi connectivity index (χ2n) is 9.24. The molecule has 0 spiro atoms. The van der Waals surface area contributed by atoms with Gasteiger partial charge in [0.05, 0.1) is 18.4 Å². The molecule has 1 heterocycles. The van der Waals surface area contributed by atoms with Crippen LogP contribution in [0.5, 0.6) is 11.5 Å². The van der Waals surface area contributed by atoms with E-state index in [-0.39, 0.29) is 35.9 Å². The predicted octanol–water partition coefficient (Wildman–Crippen LogP) is 2.30. The van der Waals surface area contributed by atoms with Gasteiger partial charge in [-0.15, -0.1) is 0 Å². The Hall–Kier alpha value is -4.01. The van der Waals surface area contributed by atoms with Gasteiger partial charge in [0.25, 0.3) is 0 Å². The van der Waals surface area contributed by atoms with E-state index in [1.54, 1.807) is 26.0 Å². The number of nitrogens with zero attached hydrogens (tertiary/aromatic N) is 1. The highest BCUT2D eigenvalue weighted by molar-refractivity contribution is 6.24. The van der Waals surface area contributed by atoms with E-state index >= 15 is 0 Å². The fraction of sp³-hybridized carbons (Fsp3) is 0.346. The number of hydrogen-bond donors (Lipinski definition) is 2. The summed E-state index contributed by atoms with van der Waals surface area (Å²) in [5, 5.41) is 10.2. The first-order valence-corrected chi connectivity index (χ1v) is 11.5. The smallest absolute Gasteiger partial charge is 0.328 e. The average molecular weight is 476 g/mol. The van der Waals surface area contributed by atoms with Crippen molar-refractivity contribution in [2.75, 3.05) is 6.61 Å². The van der Waals surface area contributed by atoms with E-state index in [9.17, 15) is 29.1 Å². The van der Waals surface area contributed by atoms with Crippen molar-refractivity contribution >= 4 is 29.4 Å². The lowest BCUT2D eigenvalue weighted by atomic mass is 9.59. The number of benzene rings is 1. The standard InChI is InChI=1S/C26H24N2O7/c1-3-35-19-9-12(4-7-17(19)29)20-13-5-6-14-21(25(33)28(24(14)32)26(27)34)15(13)10-16-18(30)8-11(2)23(31)22(16)20/h4-5,7-9,14-15,20-21,29H,3,6,10H2,1-2H3,(H2,27,34). The maximum Gasteiger partial charge on any atom is 0.328 e. The van der Waals surface area contributed by atoms with Crippen molar-refractivity contribution in [2.45, 2.75) is 32.6 Å². The molecule has 3 aliphatic carbocycles. The van der Waals surface area contributed by atoms with Crippen molar-refractivity contribution in [3.05, 3.63) is 58.2 Å². The van der Waals surface area contributed by atoms with Crippen LogP contribution in [-0.4, -0.2) is 46.0 Å². The number of ketones is 2. The quantitative estimate of drug-likeness (QED) is 0.387. The molecule has 0 bridgehead atoms. The molecule has 0 radical (unpaired) electrons. The number of Topliss-reactive ketones (excluding diaryl/α,β-unsaturated/α-hetero) is 1. The van der Waals surface area contributed by atoms with E-state index in [0.717, 1.165) is 5.57 Å². The number of imide groups is 3. The number of rotatable bonds is 3. The Balaban J connectivity index is 1.69. The molecule has 1 fully saturated rings. The van der Waals surface area contributed by atoms with Gasteiger partial charge in [0.1, 0.15) is 0 Å². The summed E-state index contributed by atoms with van der Waals surface area (Å²) in [7, 11) is 0. The zero-order valence-electron chi connectivity index (χ0n) is 19.2. The molecule has 35 heavy (non-hydrogen) atoms. The molecule has 1 aliphatic heterocycles. The third kappa shape index (κ3) is 3.25. The number of carbonyl (C=O) groups is 5. The Morgan fingerprint density at radius 1 is 1.17 bits per heavy atom. The van der Waals surface area contributed by atoms with Crippen molar-refractivity contribution in [1.82, 2.24) is 4.90 Å². The van der Waals surface area contributed by atoms with Gasteiger partial charge in [0.2, 0.25) is 11.8 Å². The van der Waals surface area contributed by atoms with Crippen molar-refractivity contribution < 1.29 is 33.8 Å². The summed E-state index contributed by atoms with van der Waals surface area (Å²) in [6.07, 6.45) is 3.45. The second-order valence-corrected chi connectivity index (χ2v) is 9.24. The number of phenolic OH excluding ortho intramolecular Hbond substituents is 1. The van der Waals surface area contributed by atoms with Crippen molar-refractivity contribution in [3.63, 3.8) is 0 Å². The van der Waals surface area contributed by atoms with Gasteiger partial charge in [-0.2, -0.15) is 4.90 Å². The van der Waals surface area contributed by atoms with Gasteiger partial charge in [-0.25, -0.2) is 4.79 Å². The van der Waals surface area contributed by atoms with Crippen LogP contribution in [0.4, 0.5) is 4.79 Å². The number of allylic oxidation sites excluding steroid dienone is 6. The number of likely N-dealkylation sites (tertiary alicyclic amines) is 1. The van der Waals surface area contributed by atoms with Crippen LogP contribution in [0.2, 0.25) is 0 Å². The van der Waals surface area contributed by atoms with Crippen LogP contribution in [-0.2, 0) is 19.2 Å². The molecule has 4 amide bonds. The number of hydrogen-bond acceptors (Lipinski definition) is 7. The van der Waals surface area contributed by atoms with Gasteiger partial charge in [0, 0.05) is 22.6 Å². The number of carbonyl (C=O) groups excluding carboxylic acids is 5. The average Bonchev–Trinajstić information content (AvgIpc) is 3.08. The molecule has 9 nitrogen and oxygen atoms in total. The van der Waals surface area contributed by atoms with Crippen LogP contribution < -0.4 is 10.5 Å². The third-order valence-electron chi connectivity index (χ3n) is 7.40. The highest BCUT2D eigenvalue weighted by Crippen LogP contribution is 2.55. The summed E-state index contributed by atoms with van der Waals surface area (Å²) in [4.78, 5) is 64.7. The van der Waals surface area contributed by atoms with Gasteiger partial charge in [-0.3, -0.25) is 19.2 Å². The van der Waals surface area contributed by atoms with Crippen molar-refractivity contribution in [1.29, 1.82) is 0 Å². The Bertz CT molecular complexity index is 1320. The molecule has 1 aromatic rings. The number of primary amides is 1. The Kier molecular flexibility index (Phi) is 5.23. The molecule has 4 unspecified atom stereocenters. The number of aromatic hydroxyl groups is 1. The molecule has 1 saturated heterocycles. The summed E-state index contributed by atoms with van der Waals surface area (Å²) >= 11 is 0. The molecule has 180 valence electrons. The maximum atomic E-state index is 13.3. The normalized spacial score (nSPS) is 27.8. The zero-order chi connectivity index (χ0) is 25.2. The molecular formula is C26H24N2O7. The minimum atomic E-state index is -1.12. The molecule has 0 aromatic heterocycles. The topological polar surface area (TPSA) is 144 Å². The van der Waals surface area contributed by atoms with E-state index in [1.165, 1.54) is 12.1 Å². The van der Waals surface area contributed by atoms with E-state index in [2.05, 4.69) is 0 Å². The van der Waals surface area contributed by atoms with Crippen molar-refractivity contribution in [3.8, 4) is 11.5 Å². The summed E-state index contributed by atoms with van der Waals surface area (Å²) < 4.78 is 5.54. The van der Waals surface area contributed by atoms with Crippen LogP contribution >= 0.6 is 0 Å². The minimum absolute atomic E-state index is 0.0642. The van der Waals surface area contributed by atoms with Crippen LogP contribution in [0, 0.1) is 17.8 Å².